The molecule has 6 heteroatoms. The molecule has 27 heavy (non-hydrogen) atoms. The minimum absolute atomic E-state index is 0.137. The largest absolute Gasteiger partial charge is 0.493 e. The summed E-state index contributed by atoms with van der Waals surface area (Å²) in [5, 5.41) is 1.24. The molecular weight excluding hydrogens is 368 g/mol. The Morgan fingerprint density at radius 1 is 1.11 bits per heavy atom. The van der Waals surface area contributed by atoms with Crippen LogP contribution >= 0.6 is 11.6 Å². The van der Waals surface area contributed by atoms with Gasteiger partial charge in [0.25, 0.3) is 0 Å². The Hall–Kier alpha value is -2.01. The molecule has 0 spiro atoms. The highest BCUT2D eigenvalue weighted by Crippen LogP contribution is 2.27. The Labute approximate surface area is 164 Å². The predicted octanol–water partition coefficient (Wildman–Crippen LogP) is 5.37. The zero-order valence-electron chi connectivity index (χ0n) is 16.2. The predicted molar refractivity (Wildman–Crippen MR) is 106 cm³/mol. The SMILES string of the molecule is CCC(C)(C)C(=O)OCCCCCCOc1cc(=O)oc2ccc(Cl)cc12. The molecule has 2 rings (SSSR count). The van der Waals surface area contributed by atoms with Crippen LogP contribution < -0.4 is 10.4 Å². The van der Waals surface area contributed by atoms with Gasteiger partial charge < -0.3 is 13.9 Å². The molecule has 1 aromatic heterocycles. The van der Waals surface area contributed by atoms with Crippen molar-refractivity contribution in [2.24, 2.45) is 5.41 Å². The molecule has 1 aromatic carbocycles. The summed E-state index contributed by atoms with van der Waals surface area (Å²) >= 11 is 6.01. The van der Waals surface area contributed by atoms with E-state index >= 15 is 0 Å². The monoisotopic (exact) mass is 394 g/mol. The molecule has 0 atom stereocenters. The number of benzene rings is 1. The number of halogens is 1. The lowest BCUT2D eigenvalue weighted by Crippen LogP contribution is -2.26. The molecule has 0 radical (unpaired) electrons. The Morgan fingerprint density at radius 2 is 1.81 bits per heavy atom. The highest BCUT2D eigenvalue weighted by Gasteiger charge is 2.26. The minimum atomic E-state index is -0.448. The van der Waals surface area contributed by atoms with E-state index in [9.17, 15) is 9.59 Å². The van der Waals surface area contributed by atoms with Gasteiger partial charge in [0.2, 0.25) is 0 Å². The summed E-state index contributed by atoms with van der Waals surface area (Å²) in [6.07, 6.45) is 4.35. The number of rotatable bonds is 10. The lowest BCUT2D eigenvalue weighted by Gasteiger charge is -2.20. The second kappa shape index (κ2) is 9.79. The average Bonchev–Trinajstić information content (AvgIpc) is 2.63. The van der Waals surface area contributed by atoms with Crippen molar-refractivity contribution in [3.05, 3.63) is 39.7 Å². The molecule has 0 saturated carbocycles. The van der Waals surface area contributed by atoms with E-state index in [1.54, 1.807) is 18.2 Å². The van der Waals surface area contributed by atoms with Crippen molar-refractivity contribution in [2.75, 3.05) is 13.2 Å². The number of hydrogen-bond donors (Lipinski definition) is 0. The summed E-state index contributed by atoms with van der Waals surface area (Å²) in [6, 6.07) is 6.40. The Balaban J connectivity index is 1.71. The lowest BCUT2D eigenvalue weighted by molar-refractivity contribution is -0.154. The van der Waals surface area contributed by atoms with Crippen LogP contribution in [0, 0.1) is 5.41 Å². The maximum Gasteiger partial charge on any atom is 0.339 e. The smallest absolute Gasteiger partial charge is 0.339 e. The van der Waals surface area contributed by atoms with Crippen molar-refractivity contribution in [2.45, 2.75) is 52.9 Å². The third kappa shape index (κ3) is 6.28. The Morgan fingerprint density at radius 3 is 2.52 bits per heavy atom. The maximum absolute atomic E-state index is 11.9. The summed E-state index contributed by atoms with van der Waals surface area (Å²) < 4.78 is 16.2. The van der Waals surface area contributed by atoms with E-state index in [2.05, 4.69) is 0 Å². The third-order valence-corrected chi connectivity index (χ3v) is 4.87. The summed E-state index contributed by atoms with van der Waals surface area (Å²) in [4.78, 5) is 23.5. The van der Waals surface area contributed by atoms with Gasteiger partial charge in [0, 0.05) is 5.02 Å². The second-order valence-electron chi connectivity index (χ2n) is 7.21. The van der Waals surface area contributed by atoms with Crippen molar-refractivity contribution in [1.82, 2.24) is 0 Å². The molecule has 0 unspecified atom stereocenters. The molecule has 0 fully saturated rings. The van der Waals surface area contributed by atoms with Gasteiger partial charge in [-0.2, -0.15) is 0 Å². The van der Waals surface area contributed by atoms with Crippen LogP contribution in [0.2, 0.25) is 5.02 Å². The van der Waals surface area contributed by atoms with E-state index in [0.29, 0.717) is 35.0 Å². The first-order valence-corrected chi connectivity index (χ1v) is 9.75. The van der Waals surface area contributed by atoms with Crippen molar-refractivity contribution in [3.63, 3.8) is 0 Å². The first-order chi connectivity index (χ1) is 12.8. The van der Waals surface area contributed by atoms with Gasteiger partial charge in [-0.3, -0.25) is 4.79 Å². The quantitative estimate of drug-likeness (QED) is 0.308. The molecule has 0 bridgehead atoms. The van der Waals surface area contributed by atoms with E-state index in [0.717, 1.165) is 32.1 Å². The number of carbonyl (C=O) groups excluding carboxylic acids is 1. The van der Waals surface area contributed by atoms with Crippen LogP contribution in [0.4, 0.5) is 0 Å². The fourth-order valence-electron chi connectivity index (χ4n) is 2.47. The molecule has 148 valence electrons. The van der Waals surface area contributed by atoms with Crippen LogP contribution in [0.25, 0.3) is 11.0 Å². The summed E-state index contributed by atoms with van der Waals surface area (Å²) in [5.41, 5.74) is -0.405. The van der Waals surface area contributed by atoms with Crippen LogP contribution in [0.1, 0.15) is 52.9 Å². The van der Waals surface area contributed by atoms with Gasteiger partial charge in [0.1, 0.15) is 11.3 Å². The van der Waals surface area contributed by atoms with Crippen molar-refractivity contribution in [3.8, 4) is 5.75 Å². The molecule has 0 aliphatic heterocycles. The first kappa shape index (κ1) is 21.3. The highest BCUT2D eigenvalue weighted by atomic mass is 35.5. The van der Waals surface area contributed by atoms with E-state index in [1.165, 1.54) is 6.07 Å². The molecule has 1 heterocycles. The minimum Gasteiger partial charge on any atom is -0.493 e. The Bertz CT molecular complexity index is 825. The lowest BCUT2D eigenvalue weighted by atomic mass is 9.91. The molecule has 0 amide bonds. The molecule has 0 saturated heterocycles. The summed E-state index contributed by atoms with van der Waals surface area (Å²) in [6.45, 7) is 6.72. The van der Waals surface area contributed by atoms with Gasteiger partial charge in [-0.15, -0.1) is 0 Å². The standard InChI is InChI=1S/C21H27ClO5/c1-4-21(2,3)20(24)26-12-8-6-5-7-11-25-18-14-19(23)27-17-10-9-15(22)13-16(17)18/h9-10,13-14H,4-8,11-12H2,1-3H3. The van der Waals surface area contributed by atoms with Gasteiger partial charge in [-0.1, -0.05) is 18.5 Å². The number of fused-ring (bicyclic) bond motifs is 1. The number of hydrogen-bond acceptors (Lipinski definition) is 5. The molecule has 0 aliphatic carbocycles. The van der Waals surface area contributed by atoms with Crippen LogP contribution in [0.15, 0.2) is 33.5 Å². The molecular formula is C21H27ClO5. The third-order valence-electron chi connectivity index (χ3n) is 4.63. The van der Waals surface area contributed by atoms with Gasteiger partial charge >= 0.3 is 11.6 Å². The molecule has 5 nitrogen and oxygen atoms in total. The van der Waals surface area contributed by atoms with Gasteiger partial charge in [-0.25, -0.2) is 4.79 Å². The van der Waals surface area contributed by atoms with Gasteiger partial charge in [0.05, 0.1) is 30.1 Å². The van der Waals surface area contributed by atoms with E-state index in [1.807, 2.05) is 20.8 Å². The number of unbranched alkanes of at least 4 members (excludes halogenated alkanes) is 3. The zero-order chi connectivity index (χ0) is 19.9. The molecule has 0 aliphatic rings. The van der Waals surface area contributed by atoms with Crippen LogP contribution in [-0.4, -0.2) is 19.2 Å². The number of carbonyl (C=O) groups is 1. The van der Waals surface area contributed by atoms with Crippen molar-refractivity contribution < 1.29 is 18.7 Å². The summed E-state index contributed by atoms with van der Waals surface area (Å²) in [7, 11) is 0. The maximum atomic E-state index is 11.9. The second-order valence-corrected chi connectivity index (χ2v) is 7.64. The van der Waals surface area contributed by atoms with Gasteiger partial charge in [0.15, 0.2) is 0 Å². The normalized spacial score (nSPS) is 11.6. The molecule has 0 N–H and O–H groups in total. The van der Waals surface area contributed by atoms with Crippen molar-refractivity contribution >= 4 is 28.5 Å². The van der Waals surface area contributed by atoms with Crippen LogP contribution in [0.3, 0.4) is 0 Å². The van der Waals surface area contributed by atoms with E-state index in [4.69, 9.17) is 25.5 Å². The van der Waals surface area contributed by atoms with Crippen LogP contribution in [0.5, 0.6) is 5.75 Å². The Kier molecular flexibility index (Phi) is 7.72. The van der Waals surface area contributed by atoms with Crippen LogP contribution in [-0.2, 0) is 9.53 Å². The first-order valence-electron chi connectivity index (χ1n) is 9.37. The topological polar surface area (TPSA) is 65.7 Å². The van der Waals surface area contributed by atoms with E-state index < -0.39 is 11.0 Å². The highest BCUT2D eigenvalue weighted by molar-refractivity contribution is 6.31. The van der Waals surface area contributed by atoms with Crippen molar-refractivity contribution in [1.29, 1.82) is 0 Å². The number of esters is 1. The fourth-order valence-corrected chi connectivity index (χ4v) is 2.64. The molecule has 2 aromatic rings. The van der Waals surface area contributed by atoms with E-state index in [-0.39, 0.29) is 5.97 Å². The van der Waals surface area contributed by atoms with Gasteiger partial charge in [-0.05, 0) is 64.2 Å². The fraction of sp³-hybridized carbons (Fsp3) is 0.524. The summed E-state index contributed by atoms with van der Waals surface area (Å²) in [5.74, 6) is 0.348. The zero-order valence-corrected chi connectivity index (χ0v) is 16.9. The average molecular weight is 395 g/mol. The number of ether oxygens (including phenoxy) is 2.